The van der Waals surface area contributed by atoms with E-state index in [2.05, 4.69) is 20.6 Å². The quantitative estimate of drug-likeness (QED) is 0.685. The Balaban J connectivity index is 1.70. The van der Waals surface area contributed by atoms with Crippen molar-refractivity contribution in [3.63, 3.8) is 0 Å². The summed E-state index contributed by atoms with van der Waals surface area (Å²) in [5.41, 5.74) is 0.977. The van der Waals surface area contributed by atoms with Gasteiger partial charge in [0, 0.05) is 30.6 Å². The molecule has 6 nitrogen and oxygen atoms in total. The molecule has 16 heavy (non-hydrogen) atoms. The number of aromatic nitrogens is 2. The third-order valence-electron chi connectivity index (χ3n) is 2.24. The van der Waals surface area contributed by atoms with Gasteiger partial charge in [0.15, 0.2) is 0 Å². The summed E-state index contributed by atoms with van der Waals surface area (Å²) < 4.78 is 0. The van der Waals surface area contributed by atoms with E-state index < -0.39 is 0 Å². The minimum atomic E-state index is -0.390. The van der Waals surface area contributed by atoms with Crippen molar-refractivity contribution < 1.29 is 9.59 Å². The SMILES string of the molecule is O=C1NC(C(=O)NCCc2cnc[nH]2)CS1. The number of nitrogens with one attached hydrogen (secondary N) is 3. The van der Waals surface area contributed by atoms with Crippen LogP contribution in [0.25, 0.3) is 0 Å². The van der Waals surface area contributed by atoms with Crippen LogP contribution in [0.4, 0.5) is 4.79 Å². The molecule has 1 aliphatic heterocycles. The van der Waals surface area contributed by atoms with Crippen LogP contribution in [-0.4, -0.2) is 39.5 Å². The fourth-order valence-corrected chi connectivity index (χ4v) is 2.17. The number of amides is 2. The highest BCUT2D eigenvalue weighted by atomic mass is 32.2. The van der Waals surface area contributed by atoms with E-state index in [1.165, 1.54) is 0 Å². The molecule has 86 valence electrons. The Hall–Kier alpha value is -1.50. The average molecular weight is 240 g/mol. The van der Waals surface area contributed by atoms with E-state index >= 15 is 0 Å². The normalized spacial score (nSPS) is 19.5. The van der Waals surface area contributed by atoms with Gasteiger partial charge in [-0.2, -0.15) is 0 Å². The maximum absolute atomic E-state index is 11.6. The molecule has 1 atom stereocenters. The molecule has 2 rings (SSSR count). The number of H-pyrrole nitrogens is 1. The fraction of sp³-hybridized carbons (Fsp3) is 0.444. The minimum Gasteiger partial charge on any atom is -0.354 e. The molecule has 0 aromatic carbocycles. The lowest BCUT2D eigenvalue weighted by molar-refractivity contribution is -0.122. The topological polar surface area (TPSA) is 86.9 Å². The molecule has 0 bridgehead atoms. The summed E-state index contributed by atoms with van der Waals surface area (Å²) >= 11 is 1.14. The van der Waals surface area contributed by atoms with Crippen molar-refractivity contribution in [1.29, 1.82) is 0 Å². The molecule has 2 amide bonds. The second-order valence-electron chi connectivity index (χ2n) is 3.41. The van der Waals surface area contributed by atoms with Crippen LogP contribution in [0.2, 0.25) is 0 Å². The lowest BCUT2D eigenvalue weighted by Gasteiger charge is -2.09. The summed E-state index contributed by atoms with van der Waals surface area (Å²) in [5, 5.41) is 5.23. The van der Waals surface area contributed by atoms with Crippen molar-refractivity contribution in [2.45, 2.75) is 12.5 Å². The van der Waals surface area contributed by atoms with Gasteiger partial charge in [0.1, 0.15) is 6.04 Å². The molecular weight excluding hydrogens is 228 g/mol. The Morgan fingerprint density at radius 1 is 1.69 bits per heavy atom. The largest absolute Gasteiger partial charge is 0.354 e. The number of carbonyl (C=O) groups is 2. The predicted octanol–water partition coefficient (Wildman–Crippen LogP) is -0.107. The second kappa shape index (κ2) is 5.02. The zero-order valence-corrected chi connectivity index (χ0v) is 9.34. The van der Waals surface area contributed by atoms with Crippen molar-refractivity contribution in [2.24, 2.45) is 0 Å². The van der Waals surface area contributed by atoms with Gasteiger partial charge in [0.2, 0.25) is 5.91 Å². The molecule has 1 unspecified atom stereocenters. The van der Waals surface area contributed by atoms with Crippen LogP contribution in [0, 0.1) is 0 Å². The third-order valence-corrected chi connectivity index (χ3v) is 3.12. The van der Waals surface area contributed by atoms with Crippen molar-refractivity contribution in [2.75, 3.05) is 12.3 Å². The number of rotatable bonds is 4. The number of thioether (sulfide) groups is 1. The third kappa shape index (κ3) is 2.75. The number of aromatic amines is 1. The fourth-order valence-electron chi connectivity index (χ4n) is 1.39. The monoisotopic (exact) mass is 240 g/mol. The van der Waals surface area contributed by atoms with Crippen molar-refractivity contribution >= 4 is 22.9 Å². The van der Waals surface area contributed by atoms with E-state index in [1.807, 2.05) is 0 Å². The van der Waals surface area contributed by atoms with E-state index in [0.29, 0.717) is 18.7 Å². The number of hydrogen-bond donors (Lipinski definition) is 3. The average Bonchev–Trinajstić information content (AvgIpc) is 2.89. The molecular formula is C9H12N4O2S. The first-order valence-electron chi connectivity index (χ1n) is 4.94. The molecule has 1 fully saturated rings. The molecule has 3 N–H and O–H groups in total. The highest BCUT2D eigenvalue weighted by Crippen LogP contribution is 2.12. The second-order valence-corrected chi connectivity index (χ2v) is 4.41. The van der Waals surface area contributed by atoms with Gasteiger partial charge in [-0.25, -0.2) is 4.98 Å². The summed E-state index contributed by atoms with van der Waals surface area (Å²) in [4.78, 5) is 29.3. The maximum Gasteiger partial charge on any atom is 0.279 e. The van der Waals surface area contributed by atoms with Crippen LogP contribution < -0.4 is 10.6 Å². The van der Waals surface area contributed by atoms with Gasteiger partial charge in [-0.3, -0.25) is 9.59 Å². The molecule has 1 saturated heterocycles. The Morgan fingerprint density at radius 3 is 3.19 bits per heavy atom. The number of hydrogen-bond acceptors (Lipinski definition) is 4. The summed E-state index contributed by atoms with van der Waals surface area (Å²) in [6.45, 7) is 0.540. The smallest absolute Gasteiger partial charge is 0.279 e. The van der Waals surface area contributed by atoms with Gasteiger partial charge in [0.25, 0.3) is 5.24 Å². The minimum absolute atomic E-state index is 0.127. The van der Waals surface area contributed by atoms with Crippen LogP contribution in [0.15, 0.2) is 12.5 Å². The van der Waals surface area contributed by atoms with Crippen molar-refractivity contribution in [3.8, 4) is 0 Å². The Kier molecular flexibility index (Phi) is 3.45. The first kappa shape index (κ1) is 11.0. The van der Waals surface area contributed by atoms with Gasteiger partial charge >= 0.3 is 0 Å². The van der Waals surface area contributed by atoms with Crippen LogP contribution in [0.3, 0.4) is 0 Å². The van der Waals surface area contributed by atoms with Crippen molar-refractivity contribution in [1.82, 2.24) is 20.6 Å². The van der Waals surface area contributed by atoms with Crippen LogP contribution in [0.5, 0.6) is 0 Å². The maximum atomic E-state index is 11.6. The number of nitrogens with zero attached hydrogens (tertiary/aromatic N) is 1. The lowest BCUT2D eigenvalue weighted by atomic mass is 10.3. The van der Waals surface area contributed by atoms with E-state index in [9.17, 15) is 9.59 Å². The molecule has 0 spiro atoms. The molecule has 1 aromatic heterocycles. The molecule has 1 aliphatic rings. The molecule has 1 aromatic rings. The lowest BCUT2D eigenvalue weighted by Crippen LogP contribution is -2.43. The van der Waals surface area contributed by atoms with Crippen LogP contribution >= 0.6 is 11.8 Å². The summed E-state index contributed by atoms with van der Waals surface area (Å²) in [7, 11) is 0. The van der Waals surface area contributed by atoms with Gasteiger partial charge in [0.05, 0.1) is 6.33 Å². The van der Waals surface area contributed by atoms with Gasteiger partial charge < -0.3 is 15.6 Å². The summed E-state index contributed by atoms with van der Waals surface area (Å²) in [6.07, 6.45) is 4.03. The molecule has 0 aliphatic carbocycles. The Labute approximate surface area is 96.6 Å². The highest BCUT2D eigenvalue weighted by Gasteiger charge is 2.27. The van der Waals surface area contributed by atoms with E-state index in [4.69, 9.17) is 0 Å². The Morgan fingerprint density at radius 2 is 2.56 bits per heavy atom. The zero-order valence-electron chi connectivity index (χ0n) is 8.53. The molecule has 7 heteroatoms. The van der Waals surface area contributed by atoms with E-state index in [-0.39, 0.29) is 17.2 Å². The predicted molar refractivity (Wildman–Crippen MR) is 60.1 cm³/mol. The zero-order chi connectivity index (χ0) is 11.4. The first-order valence-corrected chi connectivity index (χ1v) is 5.92. The van der Waals surface area contributed by atoms with Crippen molar-refractivity contribution in [3.05, 3.63) is 18.2 Å². The molecule has 0 saturated carbocycles. The first-order chi connectivity index (χ1) is 7.75. The van der Waals surface area contributed by atoms with Gasteiger partial charge in [-0.05, 0) is 0 Å². The Bertz CT molecular complexity index is 379. The van der Waals surface area contributed by atoms with Gasteiger partial charge in [-0.15, -0.1) is 0 Å². The van der Waals surface area contributed by atoms with Gasteiger partial charge in [-0.1, -0.05) is 11.8 Å². The highest BCUT2D eigenvalue weighted by molar-refractivity contribution is 8.14. The number of carbonyl (C=O) groups excluding carboxylic acids is 2. The number of imidazole rings is 1. The van der Waals surface area contributed by atoms with Crippen LogP contribution in [-0.2, 0) is 11.2 Å². The van der Waals surface area contributed by atoms with Crippen LogP contribution in [0.1, 0.15) is 5.69 Å². The molecule has 0 radical (unpaired) electrons. The molecule has 2 heterocycles. The standard InChI is InChI=1S/C9H12N4O2S/c14-8(7-4-16-9(15)13-7)11-2-1-6-3-10-5-12-6/h3,5,7H,1-2,4H2,(H,10,12)(H,11,14)(H,13,15). The summed E-state index contributed by atoms with van der Waals surface area (Å²) in [6, 6.07) is -0.390. The van der Waals surface area contributed by atoms with E-state index in [1.54, 1.807) is 12.5 Å². The van der Waals surface area contributed by atoms with E-state index in [0.717, 1.165) is 17.5 Å². The summed E-state index contributed by atoms with van der Waals surface area (Å²) in [5.74, 6) is 0.382.